The standard InChI is InChI=1S/C14H20N2O/c1-2-17-13-4-5-14-11(9-13)8-12-10-15-6-3-7-16(12)14/h4-5,9,12,15H,2-3,6-8,10H2,1H3. The molecule has 0 aromatic heterocycles. The summed E-state index contributed by atoms with van der Waals surface area (Å²) in [6.07, 6.45) is 2.40. The van der Waals surface area contributed by atoms with Crippen molar-refractivity contribution < 1.29 is 4.74 Å². The average molecular weight is 232 g/mol. The van der Waals surface area contributed by atoms with Gasteiger partial charge in [-0.3, -0.25) is 0 Å². The van der Waals surface area contributed by atoms with Gasteiger partial charge in [-0.15, -0.1) is 0 Å². The zero-order valence-electron chi connectivity index (χ0n) is 10.4. The molecule has 1 atom stereocenters. The molecule has 1 aromatic rings. The van der Waals surface area contributed by atoms with E-state index in [4.69, 9.17) is 4.74 Å². The van der Waals surface area contributed by atoms with Crippen molar-refractivity contribution >= 4 is 5.69 Å². The molecule has 3 heteroatoms. The van der Waals surface area contributed by atoms with Gasteiger partial charge in [0.2, 0.25) is 0 Å². The van der Waals surface area contributed by atoms with Crippen LogP contribution in [0.15, 0.2) is 18.2 Å². The lowest BCUT2D eigenvalue weighted by atomic mass is 10.1. The third-order valence-electron chi connectivity index (χ3n) is 3.70. The van der Waals surface area contributed by atoms with Gasteiger partial charge in [-0.1, -0.05) is 0 Å². The minimum atomic E-state index is 0.643. The largest absolute Gasteiger partial charge is 0.494 e. The maximum absolute atomic E-state index is 5.58. The van der Waals surface area contributed by atoms with E-state index in [-0.39, 0.29) is 0 Å². The molecule has 2 heterocycles. The molecule has 0 amide bonds. The summed E-state index contributed by atoms with van der Waals surface area (Å²) in [7, 11) is 0. The molecule has 3 rings (SSSR count). The first-order chi connectivity index (χ1) is 8.38. The third kappa shape index (κ3) is 2.00. The summed E-state index contributed by atoms with van der Waals surface area (Å²) in [5, 5.41) is 3.52. The smallest absolute Gasteiger partial charge is 0.119 e. The van der Waals surface area contributed by atoms with Crippen LogP contribution in [0.4, 0.5) is 5.69 Å². The van der Waals surface area contributed by atoms with E-state index in [1.54, 1.807) is 0 Å². The fourth-order valence-corrected chi connectivity index (χ4v) is 2.95. The number of anilines is 1. The molecule has 0 aliphatic carbocycles. The second kappa shape index (κ2) is 4.57. The summed E-state index contributed by atoms with van der Waals surface area (Å²) in [6.45, 7) is 6.22. The van der Waals surface area contributed by atoms with Crippen LogP contribution in [0, 0.1) is 0 Å². The van der Waals surface area contributed by atoms with Crippen molar-refractivity contribution in [3.8, 4) is 5.75 Å². The van der Waals surface area contributed by atoms with Gasteiger partial charge in [0.05, 0.1) is 6.61 Å². The Hall–Kier alpha value is -1.22. The van der Waals surface area contributed by atoms with Crippen LogP contribution in [0.25, 0.3) is 0 Å². The molecule has 17 heavy (non-hydrogen) atoms. The summed E-state index contributed by atoms with van der Waals surface area (Å²) >= 11 is 0. The molecule has 2 aliphatic rings. The number of nitrogens with zero attached hydrogens (tertiary/aromatic N) is 1. The molecular weight excluding hydrogens is 212 g/mol. The van der Waals surface area contributed by atoms with Gasteiger partial charge in [0, 0.05) is 24.8 Å². The Morgan fingerprint density at radius 1 is 1.47 bits per heavy atom. The SMILES string of the molecule is CCOc1ccc2c(c1)CC1CNCCCN21. The molecule has 1 saturated heterocycles. The van der Waals surface area contributed by atoms with E-state index in [1.807, 2.05) is 6.92 Å². The maximum atomic E-state index is 5.58. The van der Waals surface area contributed by atoms with Gasteiger partial charge in [0.15, 0.2) is 0 Å². The molecule has 1 aromatic carbocycles. The highest BCUT2D eigenvalue weighted by molar-refractivity contribution is 5.61. The van der Waals surface area contributed by atoms with E-state index < -0.39 is 0 Å². The Labute approximate surface area is 103 Å². The predicted molar refractivity (Wildman–Crippen MR) is 69.9 cm³/mol. The zero-order chi connectivity index (χ0) is 11.7. The van der Waals surface area contributed by atoms with E-state index in [2.05, 4.69) is 28.4 Å². The predicted octanol–water partition coefficient (Wildman–Crippen LogP) is 1.81. The van der Waals surface area contributed by atoms with Gasteiger partial charge in [-0.05, 0) is 50.1 Å². The van der Waals surface area contributed by atoms with Crippen molar-refractivity contribution in [2.24, 2.45) is 0 Å². The van der Waals surface area contributed by atoms with Crippen LogP contribution >= 0.6 is 0 Å². The lowest BCUT2D eigenvalue weighted by Gasteiger charge is -2.24. The van der Waals surface area contributed by atoms with Crippen LogP contribution in [-0.2, 0) is 6.42 Å². The van der Waals surface area contributed by atoms with Crippen molar-refractivity contribution in [2.45, 2.75) is 25.8 Å². The molecule has 1 unspecified atom stereocenters. The molecule has 1 N–H and O–H groups in total. The van der Waals surface area contributed by atoms with Crippen molar-refractivity contribution in [2.75, 3.05) is 31.1 Å². The highest BCUT2D eigenvalue weighted by Gasteiger charge is 2.30. The number of rotatable bonds is 2. The van der Waals surface area contributed by atoms with E-state index >= 15 is 0 Å². The number of hydrogen-bond acceptors (Lipinski definition) is 3. The van der Waals surface area contributed by atoms with Gasteiger partial charge < -0.3 is 15.0 Å². The molecule has 2 aliphatic heterocycles. The van der Waals surface area contributed by atoms with E-state index in [9.17, 15) is 0 Å². The molecule has 0 saturated carbocycles. The molecule has 0 spiro atoms. The number of fused-ring (bicyclic) bond motifs is 3. The van der Waals surface area contributed by atoms with Gasteiger partial charge in [-0.2, -0.15) is 0 Å². The molecule has 0 radical (unpaired) electrons. The van der Waals surface area contributed by atoms with E-state index in [1.165, 1.54) is 24.2 Å². The van der Waals surface area contributed by atoms with Crippen molar-refractivity contribution in [1.82, 2.24) is 5.32 Å². The second-order valence-electron chi connectivity index (χ2n) is 4.83. The van der Waals surface area contributed by atoms with Gasteiger partial charge in [0.25, 0.3) is 0 Å². The fraction of sp³-hybridized carbons (Fsp3) is 0.571. The Bertz CT molecular complexity index is 405. The highest BCUT2D eigenvalue weighted by atomic mass is 16.5. The van der Waals surface area contributed by atoms with Gasteiger partial charge >= 0.3 is 0 Å². The number of ether oxygens (including phenoxy) is 1. The monoisotopic (exact) mass is 232 g/mol. The van der Waals surface area contributed by atoms with Crippen molar-refractivity contribution in [3.05, 3.63) is 23.8 Å². The average Bonchev–Trinajstić information content (AvgIpc) is 2.52. The van der Waals surface area contributed by atoms with Crippen LogP contribution in [0.1, 0.15) is 18.9 Å². The minimum absolute atomic E-state index is 0.643. The topological polar surface area (TPSA) is 24.5 Å². The normalized spacial score (nSPS) is 22.9. The lowest BCUT2D eigenvalue weighted by molar-refractivity contribution is 0.340. The number of hydrogen-bond donors (Lipinski definition) is 1. The Morgan fingerprint density at radius 2 is 2.41 bits per heavy atom. The van der Waals surface area contributed by atoms with Crippen molar-refractivity contribution in [3.63, 3.8) is 0 Å². The lowest BCUT2D eigenvalue weighted by Crippen LogP contribution is -2.36. The van der Waals surface area contributed by atoms with Crippen LogP contribution in [-0.4, -0.2) is 32.3 Å². The fourth-order valence-electron chi connectivity index (χ4n) is 2.95. The van der Waals surface area contributed by atoms with E-state index in [0.29, 0.717) is 6.04 Å². The summed E-state index contributed by atoms with van der Waals surface area (Å²) < 4.78 is 5.58. The molecular formula is C14H20N2O. The summed E-state index contributed by atoms with van der Waals surface area (Å²) in [4.78, 5) is 2.56. The van der Waals surface area contributed by atoms with Crippen LogP contribution in [0.5, 0.6) is 5.75 Å². The highest BCUT2D eigenvalue weighted by Crippen LogP contribution is 2.35. The third-order valence-corrected chi connectivity index (χ3v) is 3.70. The first-order valence-corrected chi connectivity index (χ1v) is 6.61. The first kappa shape index (κ1) is 10.9. The van der Waals surface area contributed by atoms with Crippen LogP contribution < -0.4 is 15.0 Å². The Morgan fingerprint density at radius 3 is 3.29 bits per heavy atom. The van der Waals surface area contributed by atoms with Crippen LogP contribution in [0.3, 0.4) is 0 Å². The van der Waals surface area contributed by atoms with Gasteiger partial charge in [0.1, 0.15) is 5.75 Å². The van der Waals surface area contributed by atoms with Gasteiger partial charge in [-0.25, -0.2) is 0 Å². The molecule has 3 nitrogen and oxygen atoms in total. The van der Waals surface area contributed by atoms with Crippen LogP contribution in [0.2, 0.25) is 0 Å². The molecule has 1 fully saturated rings. The Balaban J connectivity index is 1.87. The Kier molecular flexibility index (Phi) is 2.93. The minimum Gasteiger partial charge on any atom is -0.494 e. The molecule has 92 valence electrons. The van der Waals surface area contributed by atoms with Crippen molar-refractivity contribution in [1.29, 1.82) is 0 Å². The summed E-state index contributed by atoms with van der Waals surface area (Å²) in [6, 6.07) is 7.19. The number of benzene rings is 1. The summed E-state index contributed by atoms with van der Waals surface area (Å²) in [5.74, 6) is 1.01. The maximum Gasteiger partial charge on any atom is 0.119 e. The number of nitrogens with one attached hydrogen (secondary N) is 1. The van der Waals surface area contributed by atoms with E-state index in [0.717, 1.165) is 31.9 Å². The summed E-state index contributed by atoms with van der Waals surface area (Å²) in [5.41, 5.74) is 2.87. The first-order valence-electron chi connectivity index (χ1n) is 6.61. The quantitative estimate of drug-likeness (QED) is 0.841. The molecule has 0 bridgehead atoms. The second-order valence-corrected chi connectivity index (χ2v) is 4.83. The zero-order valence-corrected chi connectivity index (χ0v) is 10.4.